The normalized spacial score (nSPS) is 11.2. The molecule has 36 heavy (non-hydrogen) atoms. The molecular weight excluding hydrogens is 502 g/mol. The Morgan fingerprint density at radius 2 is 1.92 bits per heavy atom. The molecule has 9 nitrogen and oxygen atoms in total. The Balaban J connectivity index is 1.71. The Hall–Kier alpha value is -3.83. The van der Waals surface area contributed by atoms with Crippen molar-refractivity contribution in [3.05, 3.63) is 72.0 Å². The van der Waals surface area contributed by atoms with Gasteiger partial charge in [-0.3, -0.25) is 9.52 Å². The molecule has 0 radical (unpaired) electrons. The van der Waals surface area contributed by atoms with Gasteiger partial charge in [0.25, 0.3) is 10.0 Å². The largest absolute Gasteiger partial charge is 0.497 e. The minimum atomic E-state index is -3.98. The highest BCUT2D eigenvalue weighted by atomic mass is 32.2. The number of sulfonamides is 1. The summed E-state index contributed by atoms with van der Waals surface area (Å²) in [5, 5.41) is 5.36. The van der Waals surface area contributed by atoms with Crippen LogP contribution < -0.4 is 24.8 Å². The smallest absolute Gasteiger partial charge is 0.264 e. The number of nitrogens with one attached hydrogen (secondary N) is 3. The summed E-state index contributed by atoms with van der Waals surface area (Å²) < 4.78 is 44.2. The van der Waals surface area contributed by atoms with Crippen LogP contribution in [-0.4, -0.2) is 47.2 Å². The zero-order chi connectivity index (χ0) is 26.1. The maximum absolute atomic E-state index is 13.0. The first-order valence-corrected chi connectivity index (χ1v) is 12.8. The van der Waals surface area contributed by atoms with Gasteiger partial charge in [0.05, 0.1) is 25.4 Å². The molecule has 0 saturated heterocycles. The summed E-state index contributed by atoms with van der Waals surface area (Å²) >= 11 is 4.97. The first kappa shape index (κ1) is 26.8. The van der Waals surface area contributed by atoms with E-state index >= 15 is 0 Å². The fraction of sp³-hybridized carbons (Fsp3) is 0.200. The van der Waals surface area contributed by atoms with E-state index in [1.807, 2.05) is 0 Å². The standard InChI is InChI=1S/C25H27N3O6S2/c1-26-25(35)28-36(30,31)23-15-17(6-10-20(23)21-5-4-14-34-21)12-13-27-24(29)11-8-18-7-9-19(32-2)16-22(18)33-3/h4-11,14-16H,12-13H2,1-3H3,(H,27,29)(H2,26,28,35). The number of carbonyl (C=O) groups is 1. The molecular formula is C25H27N3O6S2. The van der Waals surface area contributed by atoms with Gasteiger partial charge in [-0.15, -0.1) is 0 Å². The predicted molar refractivity (Wildman–Crippen MR) is 141 cm³/mol. The monoisotopic (exact) mass is 529 g/mol. The number of rotatable bonds is 10. The van der Waals surface area contributed by atoms with E-state index in [4.69, 9.17) is 26.1 Å². The highest BCUT2D eigenvalue weighted by molar-refractivity contribution is 7.92. The minimum absolute atomic E-state index is 0.0189. The van der Waals surface area contributed by atoms with E-state index < -0.39 is 10.0 Å². The van der Waals surface area contributed by atoms with Crippen molar-refractivity contribution in [3.8, 4) is 22.8 Å². The first-order chi connectivity index (χ1) is 17.3. The number of methoxy groups -OCH3 is 2. The van der Waals surface area contributed by atoms with Crippen molar-refractivity contribution >= 4 is 39.3 Å². The molecule has 0 spiro atoms. The summed E-state index contributed by atoms with van der Waals surface area (Å²) in [6.45, 7) is 0.296. The number of hydrogen-bond acceptors (Lipinski definition) is 7. The zero-order valence-electron chi connectivity index (χ0n) is 20.0. The second-order valence-electron chi connectivity index (χ2n) is 7.47. The van der Waals surface area contributed by atoms with Crippen molar-refractivity contribution in [2.75, 3.05) is 27.8 Å². The van der Waals surface area contributed by atoms with Gasteiger partial charge < -0.3 is 24.5 Å². The van der Waals surface area contributed by atoms with Crippen LogP contribution in [0.2, 0.25) is 0 Å². The van der Waals surface area contributed by atoms with Gasteiger partial charge in [-0.2, -0.15) is 0 Å². The van der Waals surface area contributed by atoms with Crippen LogP contribution in [0.3, 0.4) is 0 Å². The second-order valence-corrected chi connectivity index (χ2v) is 9.53. The third-order valence-corrected chi connectivity index (χ3v) is 6.97. The average Bonchev–Trinajstić information content (AvgIpc) is 3.42. The van der Waals surface area contributed by atoms with E-state index in [-0.39, 0.29) is 15.9 Å². The number of hydrogen-bond donors (Lipinski definition) is 3. The van der Waals surface area contributed by atoms with Gasteiger partial charge in [-0.25, -0.2) is 8.42 Å². The Morgan fingerprint density at radius 3 is 2.58 bits per heavy atom. The topological polar surface area (TPSA) is 119 Å². The van der Waals surface area contributed by atoms with E-state index in [1.54, 1.807) is 68.8 Å². The number of carbonyl (C=O) groups excluding carboxylic acids is 1. The van der Waals surface area contributed by atoms with E-state index in [0.717, 1.165) is 5.56 Å². The SMILES string of the molecule is CNC(=S)NS(=O)(=O)c1cc(CCNC(=O)C=Cc2ccc(OC)cc2OC)ccc1-c1ccco1. The number of amides is 1. The number of furan rings is 1. The van der Waals surface area contributed by atoms with Crippen LogP contribution in [0.5, 0.6) is 11.5 Å². The summed E-state index contributed by atoms with van der Waals surface area (Å²) in [5.74, 6) is 1.34. The van der Waals surface area contributed by atoms with E-state index in [9.17, 15) is 13.2 Å². The molecule has 3 N–H and O–H groups in total. The lowest BCUT2D eigenvalue weighted by atomic mass is 10.1. The van der Waals surface area contributed by atoms with Crippen molar-refractivity contribution in [1.29, 1.82) is 0 Å². The zero-order valence-corrected chi connectivity index (χ0v) is 21.7. The van der Waals surface area contributed by atoms with Crippen LogP contribution in [0.25, 0.3) is 17.4 Å². The first-order valence-electron chi connectivity index (χ1n) is 10.9. The highest BCUT2D eigenvalue weighted by Gasteiger charge is 2.22. The number of ether oxygens (including phenoxy) is 2. The van der Waals surface area contributed by atoms with E-state index in [2.05, 4.69) is 15.4 Å². The minimum Gasteiger partial charge on any atom is -0.497 e. The van der Waals surface area contributed by atoms with Gasteiger partial charge in [-0.05, 0) is 66.7 Å². The fourth-order valence-electron chi connectivity index (χ4n) is 3.32. The molecule has 0 fully saturated rings. The van der Waals surface area contributed by atoms with Crippen molar-refractivity contribution in [2.45, 2.75) is 11.3 Å². The van der Waals surface area contributed by atoms with Gasteiger partial charge in [0.15, 0.2) is 5.11 Å². The third kappa shape index (κ3) is 6.86. The molecule has 0 aliphatic heterocycles. The molecule has 1 heterocycles. The number of benzene rings is 2. The summed E-state index contributed by atoms with van der Waals surface area (Å²) in [4.78, 5) is 12.3. The number of thiocarbonyl (C=S) groups is 1. The van der Waals surface area contributed by atoms with Crippen LogP contribution in [0.1, 0.15) is 11.1 Å². The molecule has 3 aromatic rings. The molecule has 0 bridgehead atoms. The fourth-order valence-corrected chi connectivity index (χ4v) is 4.87. The third-order valence-electron chi connectivity index (χ3n) is 5.14. The van der Waals surface area contributed by atoms with E-state index in [1.165, 1.54) is 19.4 Å². The Kier molecular flexibility index (Phi) is 9.09. The molecule has 1 aromatic heterocycles. The highest BCUT2D eigenvalue weighted by Crippen LogP contribution is 2.29. The second kappa shape index (κ2) is 12.2. The Bertz CT molecular complexity index is 1350. The lowest BCUT2D eigenvalue weighted by Gasteiger charge is -2.13. The Labute approximate surface area is 215 Å². The molecule has 11 heteroatoms. The van der Waals surface area contributed by atoms with Crippen molar-refractivity contribution in [2.24, 2.45) is 0 Å². The van der Waals surface area contributed by atoms with Crippen molar-refractivity contribution in [1.82, 2.24) is 15.4 Å². The van der Waals surface area contributed by atoms with Gasteiger partial charge in [0.2, 0.25) is 5.91 Å². The maximum Gasteiger partial charge on any atom is 0.264 e. The lowest BCUT2D eigenvalue weighted by molar-refractivity contribution is -0.116. The van der Waals surface area contributed by atoms with Gasteiger partial charge in [0.1, 0.15) is 17.3 Å². The van der Waals surface area contributed by atoms with Crippen molar-refractivity contribution < 1.29 is 27.1 Å². The molecule has 190 valence electrons. The van der Waals surface area contributed by atoms with E-state index in [0.29, 0.717) is 41.4 Å². The summed E-state index contributed by atoms with van der Waals surface area (Å²) in [5.41, 5.74) is 1.83. The molecule has 3 rings (SSSR count). The maximum atomic E-state index is 13.0. The molecule has 0 aliphatic carbocycles. The van der Waals surface area contributed by atoms with Gasteiger partial charge in [-0.1, -0.05) is 6.07 Å². The molecule has 2 aromatic carbocycles. The summed E-state index contributed by atoms with van der Waals surface area (Å²) in [6.07, 6.45) is 4.92. The molecule has 0 aliphatic rings. The van der Waals surface area contributed by atoms with Gasteiger partial charge in [0, 0.05) is 36.9 Å². The van der Waals surface area contributed by atoms with Crippen LogP contribution >= 0.6 is 12.2 Å². The molecule has 0 saturated carbocycles. The summed E-state index contributed by atoms with van der Waals surface area (Å²) in [7, 11) is 0.653. The molecule has 1 amide bonds. The van der Waals surface area contributed by atoms with Crippen LogP contribution in [-0.2, 0) is 21.2 Å². The average molecular weight is 530 g/mol. The van der Waals surface area contributed by atoms with Crippen LogP contribution in [0, 0.1) is 0 Å². The quantitative estimate of drug-likeness (QED) is 0.271. The van der Waals surface area contributed by atoms with Crippen molar-refractivity contribution in [3.63, 3.8) is 0 Å². The molecule has 0 atom stereocenters. The lowest BCUT2D eigenvalue weighted by Crippen LogP contribution is -2.37. The van der Waals surface area contributed by atoms with Crippen LogP contribution in [0.4, 0.5) is 0 Å². The predicted octanol–water partition coefficient (Wildman–Crippen LogP) is 3.12. The summed E-state index contributed by atoms with van der Waals surface area (Å²) in [6, 6.07) is 13.6. The van der Waals surface area contributed by atoms with Crippen LogP contribution in [0.15, 0.2) is 70.2 Å². The Morgan fingerprint density at radius 1 is 1.11 bits per heavy atom. The molecule has 0 unspecified atom stereocenters. The van der Waals surface area contributed by atoms with Gasteiger partial charge >= 0.3 is 0 Å².